The Labute approximate surface area is 251 Å². The molecule has 3 aromatic rings. The molecule has 2 bridgehead atoms. The maximum Gasteiger partial charge on any atom is 0.417 e. The molecular weight excluding hydrogens is 585 g/mol. The van der Waals surface area contributed by atoms with Crippen molar-refractivity contribution in [3.8, 4) is 29.2 Å². The normalized spacial score (nSPS) is 24.2. The first-order valence-corrected chi connectivity index (χ1v) is 14.6. The van der Waals surface area contributed by atoms with Crippen LogP contribution in [0.4, 0.5) is 33.5 Å². The van der Waals surface area contributed by atoms with E-state index in [1.54, 1.807) is 6.92 Å². The van der Waals surface area contributed by atoms with E-state index in [4.69, 9.17) is 15.2 Å². The van der Waals surface area contributed by atoms with E-state index in [2.05, 4.69) is 31.7 Å². The van der Waals surface area contributed by atoms with Crippen LogP contribution in [0.5, 0.6) is 11.9 Å². The van der Waals surface area contributed by atoms with Gasteiger partial charge in [-0.15, -0.1) is 0 Å². The number of halogens is 5. The SMILES string of the molecule is CC.Cc1c(F)c(N)cc(-c2nc3c4c(nc(OCC56CC(C#N)(C5)C6)nc4c2F)NCCNCCC(C)O3)c1C(F)(F)F. The van der Waals surface area contributed by atoms with Crippen LogP contribution < -0.4 is 25.8 Å². The molecule has 0 saturated heterocycles. The molecule has 0 radical (unpaired) electrons. The highest BCUT2D eigenvalue weighted by Crippen LogP contribution is 2.72. The van der Waals surface area contributed by atoms with E-state index in [0.29, 0.717) is 45.3 Å². The summed E-state index contributed by atoms with van der Waals surface area (Å²) in [6, 6.07) is 2.86. The first-order valence-electron chi connectivity index (χ1n) is 14.6. The topological polar surface area (TPSA) is 131 Å². The number of aromatic nitrogens is 3. The predicted molar refractivity (Wildman–Crippen MR) is 154 cm³/mol. The van der Waals surface area contributed by atoms with Crippen molar-refractivity contribution in [1.29, 1.82) is 5.26 Å². The van der Waals surface area contributed by atoms with Crippen LogP contribution in [0.1, 0.15) is 57.6 Å². The summed E-state index contributed by atoms with van der Waals surface area (Å²) in [6.45, 7) is 8.38. The van der Waals surface area contributed by atoms with E-state index >= 15 is 4.39 Å². The first kappa shape index (κ1) is 31.4. The second kappa shape index (κ2) is 11.5. The molecule has 3 heterocycles. The fraction of sp³-hybridized carbons (Fsp3) is 0.533. The molecule has 3 aliphatic carbocycles. The van der Waals surface area contributed by atoms with Crippen molar-refractivity contribution in [3.63, 3.8) is 0 Å². The molecule has 3 saturated carbocycles. The number of anilines is 2. The number of benzene rings is 1. The van der Waals surface area contributed by atoms with Gasteiger partial charge in [-0.25, -0.2) is 13.8 Å². The largest absolute Gasteiger partial charge is 0.474 e. The van der Waals surface area contributed by atoms with Gasteiger partial charge >= 0.3 is 12.2 Å². The molecule has 7 rings (SSSR count). The first-order chi connectivity index (χ1) is 20.9. The van der Waals surface area contributed by atoms with E-state index in [-0.39, 0.29) is 46.0 Å². The number of nitrogens with zero attached hydrogens (tertiary/aromatic N) is 4. The molecule has 1 aromatic carbocycles. The summed E-state index contributed by atoms with van der Waals surface area (Å²) in [7, 11) is 0. The van der Waals surface area contributed by atoms with Gasteiger partial charge in [0.05, 0.1) is 35.4 Å². The highest BCUT2D eigenvalue weighted by Gasteiger charge is 2.68. The molecule has 3 fully saturated rings. The van der Waals surface area contributed by atoms with Gasteiger partial charge in [0.25, 0.3) is 0 Å². The molecule has 236 valence electrons. The summed E-state index contributed by atoms with van der Waals surface area (Å²) < 4.78 is 85.6. The summed E-state index contributed by atoms with van der Waals surface area (Å²) in [4.78, 5) is 12.9. The van der Waals surface area contributed by atoms with Crippen LogP contribution in [0.25, 0.3) is 22.2 Å². The lowest BCUT2D eigenvalue weighted by molar-refractivity contribution is -0.182. The number of ether oxygens (including phenoxy) is 2. The number of rotatable bonds is 4. The van der Waals surface area contributed by atoms with Crippen LogP contribution >= 0.6 is 0 Å². The van der Waals surface area contributed by atoms with Crippen LogP contribution in [0, 0.1) is 40.7 Å². The second-order valence-corrected chi connectivity index (χ2v) is 11.6. The van der Waals surface area contributed by atoms with E-state index in [1.165, 1.54) is 0 Å². The molecule has 1 aliphatic heterocycles. The Balaban J connectivity index is 0.00000188. The van der Waals surface area contributed by atoms with Crippen molar-refractivity contribution in [2.75, 3.05) is 37.3 Å². The number of nitrogens with one attached hydrogen (secondary N) is 2. The minimum Gasteiger partial charge on any atom is -0.474 e. The fourth-order valence-electron chi connectivity index (χ4n) is 6.38. The lowest BCUT2D eigenvalue weighted by Crippen LogP contribution is -2.63. The van der Waals surface area contributed by atoms with E-state index in [0.717, 1.165) is 13.0 Å². The lowest BCUT2D eigenvalue weighted by atomic mass is 9.36. The Morgan fingerprint density at radius 1 is 1.11 bits per heavy atom. The average molecular weight is 620 g/mol. The molecule has 0 amide bonds. The number of alkyl halides is 3. The predicted octanol–water partition coefficient (Wildman–Crippen LogP) is 6.15. The zero-order valence-electron chi connectivity index (χ0n) is 24.9. The highest BCUT2D eigenvalue weighted by atomic mass is 19.4. The van der Waals surface area contributed by atoms with E-state index in [9.17, 15) is 22.8 Å². The highest BCUT2D eigenvalue weighted by molar-refractivity contribution is 5.96. The molecule has 1 unspecified atom stereocenters. The van der Waals surface area contributed by atoms with Crippen molar-refractivity contribution in [3.05, 3.63) is 28.8 Å². The molecule has 1 atom stereocenters. The van der Waals surface area contributed by atoms with Crippen LogP contribution in [0.15, 0.2) is 6.07 Å². The van der Waals surface area contributed by atoms with Gasteiger partial charge in [-0.2, -0.15) is 28.4 Å². The number of hydrogen-bond acceptors (Lipinski definition) is 9. The molecule has 44 heavy (non-hydrogen) atoms. The Morgan fingerprint density at radius 3 is 2.48 bits per heavy atom. The third-order valence-corrected chi connectivity index (χ3v) is 8.32. The van der Waals surface area contributed by atoms with Gasteiger partial charge in [0.15, 0.2) is 5.82 Å². The summed E-state index contributed by atoms with van der Waals surface area (Å²) >= 11 is 0. The Kier molecular flexibility index (Phi) is 8.22. The zero-order chi connectivity index (χ0) is 32.0. The van der Waals surface area contributed by atoms with Gasteiger partial charge < -0.3 is 25.8 Å². The van der Waals surface area contributed by atoms with Crippen LogP contribution in [-0.4, -0.2) is 47.3 Å². The van der Waals surface area contributed by atoms with Crippen molar-refractivity contribution < 1.29 is 31.4 Å². The summed E-state index contributed by atoms with van der Waals surface area (Å²) in [5, 5.41) is 15.7. The van der Waals surface area contributed by atoms with Crippen LogP contribution in [0.2, 0.25) is 0 Å². The molecule has 4 N–H and O–H groups in total. The van der Waals surface area contributed by atoms with Gasteiger partial charge in [-0.05, 0) is 57.7 Å². The molecule has 4 aliphatic rings. The lowest BCUT2D eigenvalue weighted by Gasteiger charge is -2.66. The third kappa shape index (κ3) is 5.42. The van der Waals surface area contributed by atoms with E-state index < -0.39 is 52.0 Å². The zero-order valence-corrected chi connectivity index (χ0v) is 24.9. The second-order valence-electron chi connectivity index (χ2n) is 11.6. The number of hydrogen-bond donors (Lipinski definition) is 3. The van der Waals surface area contributed by atoms with Gasteiger partial charge in [0.1, 0.15) is 28.2 Å². The number of pyridine rings is 1. The summed E-state index contributed by atoms with van der Waals surface area (Å²) in [5.41, 5.74) is 0.581. The van der Waals surface area contributed by atoms with Crippen molar-refractivity contribution >= 4 is 22.4 Å². The minimum atomic E-state index is -5.05. The minimum absolute atomic E-state index is 0.0339. The smallest absolute Gasteiger partial charge is 0.417 e. The summed E-state index contributed by atoms with van der Waals surface area (Å²) in [6.07, 6.45) is -2.94. The molecule has 0 spiro atoms. The number of nitrogens with two attached hydrogens (primary N) is 1. The Morgan fingerprint density at radius 2 is 1.82 bits per heavy atom. The van der Waals surface area contributed by atoms with Crippen LogP contribution in [-0.2, 0) is 6.18 Å². The quantitative estimate of drug-likeness (QED) is 0.232. The van der Waals surface area contributed by atoms with Crippen molar-refractivity contribution in [2.24, 2.45) is 10.8 Å². The van der Waals surface area contributed by atoms with Gasteiger partial charge in [-0.3, -0.25) is 0 Å². The Bertz CT molecular complexity index is 1620. The van der Waals surface area contributed by atoms with E-state index in [1.807, 2.05) is 13.8 Å². The summed E-state index contributed by atoms with van der Waals surface area (Å²) in [5.74, 6) is -2.50. The Hall–Kier alpha value is -3.99. The third-order valence-electron chi connectivity index (χ3n) is 8.32. The maximum absolute atomic E-state index is 16.4. The number of nitriles is 1. The number of nitrogen functional groups attached to an aromatic ring is 1. The van der Waals surface area contributed by atoms with Crippen molar-refractivity contribution in [1.82, 2.24) is 20.3 Å². The maximum atomic E-state index is 16.4. The van der Waals surface area contributed by atoms with Gasteiger partial charge in [0.2, 0.25) is 5.88 Å². The fourth-order valence-corrected chi connectivity index (χ4v) is 6.38. The van der Waals surface area contributed by atoms with Gasteiger partial charge in [-0.1, -0.05) is 13.8 Å². The van der Waals surface area contributed by atoms with Crippen LogP contribution in [0.3, 0.4) is 0 Å². The average Bonchev–Trinajstić information content (AvgIpc) is 2.96. The molecular formula is C30H34F5N7O2. The molecule has 2 aromatic heterocycles. The molecule has 14 heteroatoms. The molecule has 9 nitrogen and oxygen atoms in total. The van der Waals surface area contributed by atoms with Crippen molar-refractivity contribution in [2.45, 2.75) is 65.7 Å². The monoisotopic (exact) mass is 619 g/mol. The van der Waals surface area contributed by atoms with Gasteiger partial charge in [0, 0.05) is 24.1 Å². The standard InChI is InChI=1S/C28H28F5N7O2.C2H6/c1-13-3-4-36-5-6-37-23-17-22(39-25(40-23)41-12-27-8-26(9-27,10-27)11-34)20(30)21(38-24(17)42-13)15-7-16(35)19(29)14(2)18(15)28(31,32)33;1-2/h7,13,36H,3-6,8-10,12,35H2,1-2H3,(H,37,39,40);1-2H3.